The Labute approximate surface area is 163 Å². The quantitative estimate of drug-likeness (QED) is 0.739. The lowest BCUT2D eigenvalue weighted by Gasteiger charge is -2.29. The Kier molecular flexibility index (Phi) is 5.23. The number of aromatic nitrogens is 4. The largest absolute Gasteiger partial charge is 0.353 e. The average Bonchev–Trinajstić information content (AvgIpc) is 3.14. The minimum Gasteiger partial charge on any atom is -0.353 e. The summed E-state index contributed by atoms with van der Waals surface area (Å²) in [5.74, 6) is -0.0153. The number of rotatable bonds is 5. The fraction of sp³-hybridized carbons (Fsp3) is 0.429. The minimum atomic E-state index is -0.103. The van der Waals surface area contributed by atoms with Gasteiger partial charge in [-0.05, 0) is 50.3 Å². The maximum absolute atomic E-state index is 12.5. The number of fused-ring (bicyclic) bond motifs is 1. The van der Waals surface area contributed by atoms with Gasteiger partial charge in [0, 0.05) is 25.2 Å². The lowest BCUT2D eigenvalue weighted by molar-refractivity contribution is -0.122. The van der Waals surface area contributed by atoms with Gasteiger partial charge in [-0.1, -0.05) is 12.1 Å². The van der Waals surface area contributed by atoms with Crippen molar-refractivity contribution in [2.45, 2.75) is 57.7 Å². The first-order valence-corrected chi connectivity index (χ1v) is 9.84. The third-order valence-electron chi connectivity index (χ3n) is 5.48. The van der Waals surface area contributed by atoms with Crippen LogP contribution in [0, 0.1) is 6.92 Å². The Morgan fingerprint density at radius 1 is 1.21 bits per heavy atom. The highest BCUT2D eigenvalue weighted by atomic mass is 16.2. The predicted molar refractivity (Wildman–Crippen MR) is 107 cm³/mol. The van der Waals surface area contributed by atoms with Crippen LogP contribution in [0.1, 0.15) is 43.7 Å². The molecule has 0 saturated heterocycles. The standard InChI is InChI=1S/C21H25N5O2/c1-15-12-23-26(13-15)17-8-6-16(7-9-17)24-20(27)10-11-25-14-22-19-5-3-2-4-18(19)21(25)28/h2-5,12-14,16-17H,6-11H2,1H3,(H,24,27). The van der Waals surface area contributed by atoms with Gasteiger partial charge in [-0.25, -0.2) is 4.98 Å². The van der Waals surface area contributed by atoms with Crippen LogP contribution in [0.5, 0.6) is 0 Å². The van der Waals surface area contributed by atoms with Crippen molar-refractivity contribution in [2.24, 2.45) is 0 Å². The molecular formula is C21H25N5O2. The van der Waals surface area contributed by atoms with E-state index in [2.05, 4.69) is 21.6 Å². The SMILES string of the molecule is Cc1cnn(C2CCC(NC(=O)CCn3cnc4ccccc4c3=O)CC2)c1. The number of para-hydroxylation sites is 1. The zero-order valence-electron chi connectivity index (χ0n) is 16.0. The molecule has 0 bridgehead atoms. The van der Waals surface area contributed by atoms with Gasteiger partial charge >= 0.3 is 0 Å². The number of nitrogens with one attached hydrogen (secondary N) is 1. The first-order chi connectivity index (χ1) is 13.6. The third kappa shape index (κ3) is 3.98. The number of nitrogens with zero attached hydrogens (tertiary/aromatic N) is 4. The Balaban J connectivity index is 1.28. The van der Waals surface area contributed by atoms with E-state index in [0.717, 1.165) is 25.7 Å². The van der Waals surface area contributed by atoms with E-state index >= 15 is 0 Å². The maximum atomic E-state index is 12.5. The van der Waals surface area contributed by atoms with E-state index in [1.54, 1.807) is 6.07 Å². The van der Waals surface area contributed by atoms with Crippen LogP contribution in [-0.4, -0.2) is 31.3 Å². The molecule has 3 aromatic rings. The molecule has 0 atom stereocenters. The number of hydrogen-bond acceptors (Lipinski definition) is 4. The van der Waals surface area contributed by atoms with E-state index in [1.165, 1.54) is 16.5 Å². The van der Waals surface area contributed by atoms with Gasteiger partial charge in [-0.2, -0.15) is 5.10 Å². The maximum Gasteiger partial charge on any atom is 0.261 e. The third-order valence-corrected chi connectivity index (χ3v) is 5.48. The average molecular weight is 379 g/mol. The molecule has 0 spiro atoms. The summed E-state index contributed by atoms with van der Waals surface area (Å²) < 4.78 is 3.56. The monoisotopic (exact) mass is 379 g/mol. The second-order valence-corrected chi connectivity index (χ2v) is 7.58. The molecule has 7 heteroatoms. The number of hydrogen-bond donors (Lipinski definition) is 1. The van der Waals surface area contributed by atoms with Crippen LogP contribution in [0.25, 0.3) is 10.9 Å². The number of benzene rings is 1. The second-order valence-electron chi connectivity index (χ2n) is 7.58. The summed E-state index contributed by atoms with van der Waals surface area (Å²) in [6, 6.07) is 7.88. The summed E-state index contributed by atoms with van der Waals surface area (Å²) in [5, 5.41) is 8.11. The summed E-state index contributed by atoms with van der Waals surface area (Å²) in [4.78, 5) is 29.1. The van der Waals surface area contributed by atoms with Crippen LogP contribution in [-0.2, 0) is 11.3 Å². The Morgan fingerprint density at radius 2 is 2.00 bits per heavy atom. The van der Waals surface area contributed by atoms with Crippen LogP contribution in [0.2, 0.25) is 0 Å². The molecule has 0 unspecified atom stereocenters. The van der Waals surface area contributed by atoms with Gasteiger partial charge in [-0.3, -0.25) is 18.8 Å². The highest BCUT2D eigenvalue weighted by Gasteiger charge is 2.23. The zero-order valence-corrected chi connectivity index (χ0v) is 16.0. The fourth-order valence-electron chi connectivity index (χ4n) is 3.90. The topological polar surface area (TPSA) is 81.8 Å². The Hall–Kier alpha value is -2.96. The van der Waals surface area contributed by atoms with Gasteiger partial charge < -0.3 is 5.32 Å². The van der Waals surface area contributed by atoms with E-state index in [1.807, 2.05) is 36.0 Å². The van der Waals surface area contributed by atoms with Crippen molar-refractivity contribution in [3.05, 3.63) is 58.9 Å². The van der Waals surface area contributed by atoms with Gasteiger partial charge in [0.05, 0.1) is 29.5 Å². The molecule has 146 valence electrons. The predicted octanol–water partition coefficient (Wildman–Crippen LogP) is 2.59. The molecule has 28 heavy (non-hydrogen) atoms. The first kappa shape index (κ1) is 18.4. The summed E-state index contributed by atoms with van der Waals surface area (Å²) in [6.45, 7) is 2.39. The van der Waals surface area contributed by atoms with E-state index in [9.17, 15) is 9.59 Å². The van der Waals surface area contributed by atoms with Crippen LogP contribution < -0.4 is 10.9 Å². The van der Waals surface area contributed by atoms with Crippen molar-refractivity contribution in [2.75, 3.05) is 0 Å². The smallest absolute Gasteiger partial charge is 0.261 e. The molecular weight excluding hydrogens is 354 g/mol. The summed E-state index contributed by atoms with van der Waals surface area (Å²) in [5.41, 5.74) is 1.75. The summed E-state index contributed by atoms with van der Waals surface area (Å²) >= 11 is 0. The van der Waals surface area contributed by atoms with Crippen molar-refractivity contribution in [3.63, 3.8) is 0 Å². The summed E-state index contributed by atoms with van der Waals surface area (Å²) in [6.07, 6.45) is 9.70. The molecule has 1 aliphatic carbocycles. The number of carbonyl (C=O) groups is 1. The minimum absolute atomic E-state index is 0.0153. The molecule has 1 saturated carbocycles. The van der Waals surface area contributed by atoms with Crippen molar-refractivity contribution >= 4 is 16.8 Å². The van der Waals surface area contributed by atoms with Crippen molar-refractivity contribution in [1.29, 1.82) is 0 Å². The van der Waals surface area contributed by atoms with Gasteiger partial charge in [-0.15, -0.1) is 0 Å². The van der Waals surface area contributed by atoms with Crippen molar-refractivity contribution in [1.82, 2.24) is 24.6 Å². The van der Waals surface area contributed by atoms with Crippen LogP contribution in [0.4, 0.5) is 0 Å². The highest BCUT2D eigenvalue weighted by molar-refractivity contribution is 5.77. The van der Waals surface area contributed by atoms with Crippen LogP contribution >= 0.6 is 0 Å². The lowest BCUT2D eigenvalue weighted by atomic mass is 9.91. The summed E-state index contributed by atoms with van der Waals surface area (Å²) in [7, 11) is 0. The molecule has 7 nitrogen and oxygen atoms in total. The molecule has 2 heterocycles. The molecule has 2 aromatic heterocycles. The van der Waals surface area contributed by atoms with Crippen LogP contribution in [0.3, 0.4) is 0 Å². The number of carbonyl (C=O) groups excluding carboxylic acids is 1. The van der Waals surface area contributed by atoms with Gasteiger partial charge in [0.15, 0.2) is 0 Å². The van der Waals surface area contributed by atoms with Crippen molar-refractivity contribution < 1.29 is 4.79 Å². The Morgan fingerprint density at radius 3 is 2.75 bits per heavy atom. The molecule has 4 rings (SSSR count). The molecule has 1 aliphatic rings. The zero-order chi connectivity index (χ0) is 19.5. The first-order valence-electron chi connectivity index (χ1n) is 9.84. The van der Waals surface area contributed by atoms with E-state index in [-0.39, 0.29) is 23.9 Å². The molecule has 1 fully saturated rings. The molecule has 1 amide bonds. The van der Waals surface area contributed by atoms with Gasteiger partial charge in [0.25, 0.3) is 5.56 Å². The molecule has 0 radical (unpaired) electrons. The van der Waals surface area contributed by atoms with Gasteiger partial charge in [0.1, 0.15) is 0 Å². The lowest BCUT2D eigenvalue weighted by Crippen LogP contribution is -2.38. The number of amides is 1. The van der Waals surface area contributed by atoms with E-state index in [0.29, 0.717) is 23.5 Å². The normalized spacial score (nSPS) is 19.6. The second kappa shape index (κ2) is 7.96. The molecule has 1 N–H and O–H groups in total. The van der Waals surface area contributed by atoms with Crippen LogP contribution in [0.15, 0.2) is 47.8 Å². The van der Waals surface area contributed by atoms with Crippen molar-refractivity contribution in [3.8, 4) is 0 Å². The molecule has 0 aliphatic heterocycles. The fourth-order valence-corrected chi connectivity index (χ4v) is 3.90. The van der Waals surface area contributed by atoms with Gasteiger partial charge in [0.2, 0.25) is 5.91 Å². The van der Waals surface area contributed by atoms with E-state index in [4.69, 9.17) is 0 Å². The Bertz CT molecular complexity index is 1030. The highest BCUT2D eigenvalue weighted by Crippen LogP contribution is 2.28. The van der Waals surface area contributed by atoms with E-state index < -0.39 is 0 Å². The number of aryl methyl sites for hydroxylation is 2. The molecule has 1 aromatic carbocycles.